The topological polar surface area (TPSA) is 49.4 Å². The molecule has 138 valence electrons. The molecule has 0 saturated heterocycles. The molecule has 2 rings (SSSR count). The van der Waals surface area contributed by atoms with E-state index in [9.17, 15) is 9.59 Å². The van der Waals surface area contributed by atoms with Crippen LogP contribution in [0.1, 0.15) is 57.4 Å². The Bertz CT molecular complexity index is 538. The second kappa shape index (κ2) is 10.2. The molecular formula is C21H32N2O2. The Balaban J connectivity index is 1.64. The van der Waals surface area contributed by atoms with E-state index in [1.165, 1.54) is 32.1 Å². The molecule has 1 atom stereocenters. The van der Waals surface area contributed by atoms with Crippen molar-refractivity contribution in [3.05, 3.63) is 35.9 Å². The number of nitrogens with zero attached hydrogens (tertiary/aromatic N) is 1. The van der Waals surface area contributed by atoms with Crippen molar-refractivity contribution in [1.29, 1.82) is 0 Å². The summed E-state index contributed by atoms with van der Waals surface area (Å²) in [6, 6.07) is 9.94. The van der Waals surface area contributed by atoms with Crippen LogP contribution in [0.2, 0.25) is 0 Å². The van der Waals surface area contributed by atoms with Gasteiger partial charge in [-0.3, -0.25) is 9.59 Å². The normalized spacial score (nSPS) is 16.2. The van der Waals surface area contributed by atoms with Gasteiger partial charge in [-0.1, -0.05) is 69.4 Å². The second-order valence-electron chi connectivity index (χ2n) is 7.42. The molecule has 25 heavy (non-hydrogen) atoms. The van der Waals surface area contributed by atoms with E-state index in [1.807, 2.05) is 44.3 Å². The molecule has 0 spiro atoms. The third kappa shape index (κ3) is 6.89. The maximum Gasteiger partial charge on any atom is 0.224 e. The number of benzene rings is 1. The molecule has 0 aliphatic heterocycles. The molecule has 1 N–H and O–H groups in total. The third-order valence-corrected chi connectivity index (χ3v) is 5.19. The molecule has 1 aromatic rings. The first kappa shape index (κ1) is 19.5. The van der Waals surface area contributed by atoms with E-state index in [4.69, 9.17) is 0 Å². The average molecular weight is 344 g/mol. The Hall–Kier alpha value is -1.84. The van der Waals surface area contributed by atoms with Gasteiger partial charge in [-0.15, -0.1) is 0 Å². The van der Waals surface area contributed by atoms with Crippen LogP contribution in [0.15, 0.2) is 30.3 Å². The van der Waals surface area contributed by atoms with Gasteiger partial charge in [0.15, 0.2) is 0 Å². The van der Waals surface area contributed by atoms with Crippen LogP contribution in [0.25, 0.3) is 0 Å². The zero-order valence-electron chi connectivity index (χ0n) is 15.7. The summed E-state index contributed by atoms with van der Waals surface area (Å²) in [6.45, 7) is 3.03. The summed E-state index contributed by atoms with van der Waals surface area (Å²) >= 11 is 0. The van der Waals surface area contributed by atoms with Crippen molar-refractivity contribution in [3.8, 4) is 0 Å². The van der Waals surface area contributed by atoms with Crippen molar-refractivity contribution in [2.75, 3.05) is 13.6 Å². The smallest absolute Gasteiger partial charge is 0.224 e. The van der Waals surface area contributed by atoms with Crippen molar-refractivity contribution in [2.45, 2.75) is 58.4 Å². The number of nitrogens with one attached hydrogen (secondary N) is 1. The lowest BCUT2D eigenvalue weighted by Crippen LogP contribution is -2.34. The standard InChI is InChI=1S/C21H32N2O2/c1-17(15-18-9-5-3-6-10-18)21(25)22-14-13-20(24)23(2)16-19-11-7-4-8-12-19/h4,7-8,11-12,17-18H,3,5-6,9-10,13-16H2,1-2H3,(H,22,25). The van der Waals surface area contributed by atoms with Crippen LogP contribution in [0.4, 0.5) is 0 Å². The lowest BCUT2D eigenvalue weighted by atomic mass is 9.83. The number of carbonyl (C=O) groups excluding carboxylic acids is 2. The summed E-state index contributed by atoms with van der Waals surface area (Å²) in [4.78, 5) is 26.1. The molecule has 1 aromatic carbocycles. The molecule has 0 aromatic heterocycles. The van der Waals surface area contributed by atoms with Crippen molar-refractivity contribution in [1.82, 2.24) is 10.2 Å². The fourth-order valence-corrected chi connectivity index (χ4v) is 3.63. The Morgan fingerprint density at radius 2 is 1.84 bits per heavy atom. The van der Waals surface area contributed by atoms with Gasteiger partial charge in [0.05, 0.1) is 0 Å². The predicted octanol–water partition coefficient (Wildman–Crippen LogP) is 3.76. The summed E-state index contributed by atoms with van der Waals surface area (Å²) in [7, 11) is 1.81. The number of hydrogen-bond acceptors (Lipinski definition) is 2. The predicted molar refractivity (Wildman–Crippen MR) is 101 cm³/mol. The van der Waals surface area contributed by atoms with E-state index in [-0.39, 0.29) is 17.7 Å². The Kier molecular flexibility index (Phi) is 7.96. The Labute approximate surface area is 152 Å². The maximum absolute atomic E-state index is 12.2. The SMILES string of the molecule is CC(CC1CCCCC1)C(=O)NCCC(=O)N(C)Cc1ccccc1. The monoisotopic (exact) mass is 344 g/mol. The van der Waals surface area contributed by atoms with E-state index in [2.05, 4.69) is 5.32 Å². The minimum absolute atomic E-state index is 0.0419. The number of amides is 2. The molecule has 0 heterocycles. The van der Waals surface area contributed by atoms with Crippen LogP contribution in [0.5, 0.6) is 0 Å². The van der Waals surface area contributed by atoms with Gasteiger partial charge in [-0.2, -0.15) is 0 Å². The highest BCUT2D eigenvalue weighted by molar-refractivity contribution is 5.80. The first-order valence-corrected chi connectivity index (χ1v) is 9.62. The van der Waals surface area contributed by atoms with Crippen LogP contribution in [0.3, 0.4) is 0 Å². The first-order valence-electron chi connectivity index (χ1n) is 9.62. The van der Waals surface area contributed by atoms with Gasteiger partial charge in [0.25, 0.3) is 0 Å². The van der Waals surface area contributed by atoms with Gasteiger partial charge < -0.3 is 10.2 Å². The summed E-state index contributed by atoms with van der Waals surface area (Å²) in [5.41, 5.74) is 1.11. The zero-order valence-corrected chi connectivity index (χ0v) is 15.7. The molecule has 1 saturated carbocycles. The third-order valence-electron chi connectivity index (χ3n) is 5.19. The van der Waals surface area contributed by atoms with Crippen molar-refractivity contribution in [2.24, 2.45) is 11.8 Å². The van der Waals surface area contributed by atoms with Gasteiger partial charge in [-0.05, 0) is 17.9 Å². The maximum atomic E-state index is 12.2. The fraction of sp³-hybridized carbons (Fsp3) is 0.619. The summed E-state index contributed by atoms with van der Waals surface area (Å²) in [5.74, 6) is 0.890. The number of hydrogen-bond donors (Lipinski definition) is 1. The number of carbonyl (C=O) groups is 2. The van der Waals surface area contributed by atoms with E-state index in [0.717, 1.165) is 12.0 Å². The van der Waals surface area contributed by atoms with Gasteiger partial charge in [0.2, 0.25) is 11.8 Å². The van der Waals surface area contributed by atoms with Crippen LogP contribution in [-0.2, 0) is 16.1 Å². The molecule has 4 nitrogen and oxygen atoms in total. The molecule has 0 radical (unpaired) electrons. The van der Waals surface area contributed by atoms with Crippen LogP contribution >= 0.6 is 0 Å². The molecule has 2 amide bonds. The molecule has 0 bridgehead atoms. The highest BCUT2D eigenvalue weighted by Crippen LogP contribution is 2.28. The van der Waals surface area contributed by atoms with Crippen molar-refractivity contribution in [3.63, 3.8) is 0 Å². The lowest BCUT2D eigenvalue weighted by molar-refractivity contribution is -0.130. The zero-order chi connectivity index (χ0) is 18.1. The van der Waals surface area contributed by atoms with Gasteiger partial charge in [0, 0.05) is 32.5 Å². The van der Waals surface area contributed by atoms with Crippen LogP contribution < -0.4 is 5.32 Å². The molecular weight excluding hydrogens is 312 g/mol. The molecule has 4 heteroatoms. The first-order chi connectivity index (χ1) is 12.1. The van der Waals surface area contributed by atoms with Crippen molar-refractivity contribution < 1.29 is 9.59 Å². The lowest BCUT2D eigenvalue weighted by Gasteiger charge is -2.24. The van der Waals surface area contributed by atoms with E-state index >= 15 is 0 Å². The highest BCUT2D eigenvalue weighted by Gasteiger charge is 2.20. The van der Waals surface area contributed by atoms with E-state index in [0.29, 0.717) is 25.4 Å². The number of rotatable bonds is 8. The summed E-state index contributed by atoms with van der Waals surface area (Å²) in [6.07, 6.45) is 7.82. The highest BCUT2D eigenvalue weighted by atomic mass is 16.2. The summed E-state index contributed by atoms with van der Waals surface area (Å²) < 4.78 is 0. The fourth-order valence-electron chi connectivity index (χ4n) is 3.63. The molecule has 1 aliphatic carbocycles. The molecule has 1 aliphatic rings. The summed E-state index contributed by atoms with van der Waals surface area (Å²) in [5, 5.41) is 2.94. The molecule has 1 fully saturated rings. The van der Waals surface area contributed by atoms with Gasteiger partial charge >= 0.3 is 0 Å². The average Bonchev–Trinajstić information content (AvgIpc) is 2.63. The van der Waals surface area contributed by atoms with E-state index in [1.54, 1.807) is 4.90 Å². The van der Waals surface area contributed by atoms with Gasteiger partial charge in [-0.25, -0.2) is 0 Å². The second-order valence-corrected chi connectivity index (χ2v) is 7.42. The van der Waals surface area contributed by atoms with Gasteiger partial charge in [0.1, 0.15) is 0 Å². The van der Waals surface area contributed by atoms with Crippen LogP contribution in [-0.4, -0.2) is 30.3 Å². The van der Waals surface area contributed by atoms with Crippen molar-refractivity contribution >= 4 is 11.8 Å². The van der Waals surface area contributed by atoms with E-state index < -0.39 is 0 Å². The molecule has 1 unspecified atom stereocenters. The minimum Gasteiger partial charge on any atom is -0.355 e. The quantitative estimate of drug-likeness (QED) is 0.780. The Morgan fingerprint density at radius 3 is 2.52 bits per heavy atom. The Morgan fingerprint density at radius 1 is 1.16 bits per heavy atom. The van der Waals surface area contributed by atoms with Crippen LogP contribution in [0, 0.1) is 11.8 Å². The largest absolute Gasteiger partial charge is 0.355 e. The minimum atomic E-state index is 0.0419.